The lowest BCUT2D eigenvalue weighted by Gasteiger charge is -2.23. The Bertz CT molecular complexity index is 585. The lowest BCUT2D eigenvalue weighted by atomic mass is 10.1. The molecule has 1 aliphatic heterocycles. The smallest absolute Gasteiger partial charge is 0.150 e. The minimum atomic E-state index is 0.0217. The molecule has 3 nitrogen and oxygen atoms in total. The zero-order valence-electron chi connectivity index (χ0n) is 10.1. The van der Waals surface area contributed by atoms with Crippen LogP contribution in [0.4, 0.5) is 0 Å². The SMILES string of the molecule is C=Cc1nn(C2CCCCO2)c2cccc(Cl)c12. The molecule has 1 unspecified atom stereocenters. The predicted molar refractivity (Wildman–Crippen MR) is 73.7 cm³/mol. The van der Waals surface area contributed by atoms with Gasteiger partial charge in [0, 0.05) is 12.0 Å². The van der Waals surface area contributed by atoms with Gasteiger partial charge in [-0.05, 0) is 37.5 Å². The normalized spacial score (nSPS) is 20.2. The van der Waals surface area contributed by atoms with E-state index in [1.54, 1.807) is 6.08 Å². The van der Waals surface area contributed by atoms with Crippen molar-refractivity contribution in [2.24, 2.45) is 0 Å². The van der Waals surface area contributed by atoms with Crippen LogP contribution in [0.2, 0.25) is 5.02 Å². The van der Waals surface area contributed by atoms with Gasteiger partial charge >= 0.3 is 0 Å². The minimum absolute atomic E-state index is 0.0217. The van der Waals surface area contributed by atoms with Gasteiger partial charge in [-0.2, -0.15) is 5.10 Å². The van der Waals surface area contributed by atoms with E-state index in [-0.39, 0.29) is 6.23 Å². The number of nitrogens with zero attached hydrogens (tertiary/aromatic N) is 2. The third-order valence-electron chi connectivity index (χ3n) is 3.33. The molecule has 0 spiro atoms. The van der Waals surface area contributed by atoms with Crippen molar-refractivity contribution >= 4 is 28.6 Å². The van der Waals surface area contributed by atoms with Crippen LogP contribution in [0.1, 0.15) is 31.2 Å². The largest absolute Gasteiger partial charge is 0.356 e. The maximum atomic E-state index is 6.25. The summed E-state index contributed by atoms with van der Waals surface area (Å²) in [5, 5.41) is 6.26. The Labute approximate surface area is 111 Å². The lowest BCUT2D eigenvalue weighted by molar-refractivity contribution is -0.0367. The Morgan fingerprint density at radius 3 is 3.06 bits per heavy atom. The average Bonchev–Trinajstić information content (AvgIpc) is 2.80. The van der Waals surface area contributed by atoms with Crippen molar-refractivity contribution in [3.8, 4) is 0 Å². The van der Waals surface area contributed by atoms with Crippen molar-refractivity contribution in [3.05, 3.63) is 35.5 Å². The van der Waals surface area contributed by atoms with Crippen molar-refractivity contribution < 1.29 is 4.74 Å². The van der Waals surface area contributed by atoms with Crippen molar-refractivity contribution in [2.75, 3.05) is 6.61 Å². The van der Waals surface area contributed by atoms with Crippen LogP contribution in [0.25, 0.3) is 17.0 Å². The van der Waals surface area contributed by atoms with Crippen molar-refractivity contribution in [3.63, 3.8) is 0 Å². The average molecular weight is 263 g/mol. The van der Waals surface area contributed by atoms with Crippen LogP contribution in [0, 0.1) is 0 Å². The van der Waals surface area contributed by atoms with E-state index in [1.807, 2.05) is 22.9 Å². The Morgan fingerprint density at radius 1 is 1.44 bits per heavy atom. The van der Waals surface area contributed by atoms with Gasteiger partial charge in [-0.15, -0.1) is 0 Å². The molecule has 2 heterocycles. The third-order valence-corrected chi connectivity index (χ3v) is 3.65. The molecule has 4 heteroatoms. The molecule has 0 radical (unpaired) electrons. The molecule has 1 aromatic heterocycles. The summed E-state index contributed by atoms with van der Waals surface area (Å²) in [4.78, 5) is 0. The highest BCUT2D eigenvalue weighted by Gasteiger charge is 2.20. The summed E-state index contributed by atoms with van der Waals surface area (Å²) >= 11 is 6.25. The van der Waals surface area contributed by atoms with Gasteiger partial charge in [0.15, 0.2) is 6.23 Å². The van der Waals surface area contributed by atoms with Crippen LogP contribution in [0.15, 0.2) is 24.8 Å². The molecule has 3 rings (SSSR count). The van der Waals surface area contributed by atoms with E-state index in [4.69, 9.17) is 16.3 Å². The highest BCUT2D eigenvalue weighted by atomic mass is 35.5. The van der Waals surface area contributed by atoms with Gasteiger partial charge in [0.25, 0.3) is 0 Å². The number of aromatic nitrogens is 2. The molecule has 1 aromatic carbocycles. The van der Waals surface area contributed by atoms with Crippen LogP contribution in [0.5, 0.6) is 0 Å². The van der Waals surface area contributed by atoms with Crippen LogP contribution in [-0.2, 0) is 4.74 Å². The fourth-order valence-electron chi connectivity index (χ4n) is 2.46. The molecule has 0 bridgehead atoms. The summed E-state index contributed by atoms with van der Waals surface area (Å²) in [6, 6.07) is 5.85. The molecule has 1 aliphatic rings. The number of ether oxygens (including phenoxy) is 1. The molecule has 0 saturated carbocycles. The molecule has 0 N–H and O–H groups in total. The Morgan fingerprint density at radius 2 is 2.33 bits per heavy atom. The highest BCUT2D eigenvalue weighted by Crippen LogP contribution is 2.32. The summed E-state index contributed by atoms with van der Waals surface area (Å²) in [6.45, 7) is 4.61. The summed E-state index contributed by atoms with van der Waals surface area (Å²) in [6.07, 6.45) is 5.07. The van der Waals surface area contributed by atoms with E-state index in [2.05, 4.69) is 11.7 Å². The van der Waals surface area contributed by atoms with Crippen molar-refractivity contribution in [2.45, 2.75) is 25.5 Å². The van der Waals surface area contributed by atoms with Gasteiger partial charge in [-0.3, -0.25) is 0 Å². The molecule has 0 aliphatic carbocycles. The summed E-state index contributed by atoms with van der Waals surface area (Å²) in [7, 11) is 0. The zero-order valence-corrected chi connectivity index (χ0v) is 10.9. The molecular weight excluding hydrogens is 248 g/mol. The predicted octanol–water partition coefficient (Wildman–Crippen LogP) is 4.03. The topological polar surface area (TPSA) is 27.1 Å². The van der Waals surface area contributed by atoms with E-state index in [1.165, 1.54) is 6.42 Å². The van der Waals surface area contributed by atoms with Gasteiger partial charge < -0.3 is 4.74 Å². The van der Waals surface area contributed by atoms with Gasteiger partial charge in [-0.1, -0.05) is 24.2 Å². The van der Waals surface area contributed by atoms with Crippen LogP contribution >= 0.6 is 11.6 Å². The fourth-order valence-corrected chi connectivity index (χ4v) is 2.72. The molecule has 18 heavy (non-hydrogen) atoms. The minimum Gasteiger partial charge on any atom is -0.356 e. The molecule has 1 saturated heterocycles. The Hall–Kier alpha value is -1.32. The zero-order chi connectivity index (χ0) is 12.5. The van der Waals surface area contributed by atoms with Gasteiger partial charge in [0.1, 0.15) is 0 Å². The van der Waals surface area contributed by atoms with Gasteiger partial charge in [0.05, 0.1) is 16.2 Å². The maximum Gasteiger partial charge on any atom is 0.150 e. The number of fused-ring (bicyclic) bond motifs is 1. The summed E-state index contributed by atoms with van der Waals surface area (Å²) in [5.41, 5.74) is 1.84. The molecule has 1 fully saturated rings. The van der Waals surface area contributed by atoms with E-state index >= 15 is 0 Å². The van der Waals surface area contributed by atoms with E-state index in [0.717, 1.165) is 36.0 Å². The summed E-state index contributed by atoms with van der Waals surface area (Å²) in [5.74, 6) is 0. The first-order chi connectivity index (χ1) is 8.81. The summed E-state index contributed by atoms with van der Waals surface area (Å²) < 4.78 is 7.73. The quantitative estimate of drug-likeness (QED) is 0.817. The van der Waals surface area contributed by atoms with Crippen LogP contribution in [0.3, 0.4) is 0 Å². The van der Waals surface area contributed by atoms with E-state index in [9.17, 15) is 0 Å². The number of rotatable bonds is 2. The fraction of sp³-hybridized carbons (Fsp3) is 0.357. The van der Waals surface area contributed by atoms with Crippen LogP contribution in [-0.4, -0.2) is 16.4 Å². The Balaban J connectivity index is 2.17. The molecular formula is C14H15ClN2O. The van der Waals surface area contributed by atoms with Gasteiger partial charge in [0.2, 0.25) is 0 Å². The lowest BCUT2D eigenvalue weighted by Crippen LogP contribution is -2.19. The number of benzene rings is 1. The van der Waals surface area contributed by atoms with E-state index in [0.29, 0.717) is 5.02 Å². The highest BCUT2D eigenvalue weighted by molar-refractivity contribution is 6.35. The second-order valence-corrected chi connectivity index (χ2v) is 4.90. The maximum absolute atomic E-state index is 6.25. The molecule has 1 atom stereocenters. The van der Waals surface area contributed by atoms with Gasteiger partial charge in [-0.25, -0.2) is 4.68 Å². The number of hydrogen-bond donors (Lipinski definition) is 0. The second-order valence-electron chi connectivity index (χ2n) is 4.49. The monoisotopic (exact) mass is 262 g/mol. The first-order valence-electron chi connectivity index (χ1n) is 6.22. The van der Waals surface area contributed by atoms with E-state index < -0.39 is 0 Å². The van der Waals surface area contributed by atoms with Crippen molar-refractivity contribution in [1.82, 2.24) is 9.78 Å². The molecule has 94 valence electrons. The number of hydrogen-bond acceptors (Lipinski definition) is 2. The first-order valence-corrected chi connectivity index (χ1v) is 6.60. The third kappa shape index (κ3) is 1.84. The number of halogens is 1. The van der Waals surface area contributed by atoms with Crippen molar-refractivity contribution in [1.29, 1.82) is 0 Å². The first kappa shape index (κ1) is 11.8. The Kier molecular flexibility index (Phi) is 3.10. The van der Waals surface area contributed by atoms with Crippen LogP contribution < -0.4 is 0 Å². The second kappa shape index (κ2) is 4.75. The molecule has 2 aromatic rings. The standard InChI is InChI=1S/C14H15ClN2O/c1-2-11-14-10(15)6-5-7-12(14)17(16-11)13-8-3-4-9-18-13/h2,5-7,13H,1,3-4,8-9H2. The molecule has 0 amide bonds.